The summed E-state index contributed by atoms with van der Waals surface area (Å²) in [6, 6.07) is 9.70. The predicted molar refractivity (Wildman–Crippen MR) is 98.7 cm³/mol. The predicted octanol–water partition coefficient (Wildman–Crippen LogP) is 3.93. The molecule has 5 nitrogen and oxygen atoms in total. The lowest BCUT2D eigenvalue weighted by atomic mass is 10.1. The Morgan fingerprint density at radius 1 is 1.00 bits per heavy atom. The lowest BCUT2D eigenvalue weighted by molar-refractivity contribution is -0.137. The molecule has 4 aromatic rings. The SMILES string of the molecule is O=c1c2sccc2n(Cc2cccc(C(F)(F)F)c2)c(=O)n1Cc1ccco1. The number of benzene rings is 1. The molecule has 144 valence electrons. The van der Waals surface area contributed by atoms with Crippen LogP contribution in [0.5, 0.6) is 0 Å². The lowest BCUT2D eigenvalue weighted by Gasteiger charge is -2.13. The van der Waals surface area contributed by atoms with Gasteiger partial charge in [-0.1, -0.05) is 12.1 Å². The number of aromatic nitrogens is 2. The van der Waals surface area contributed by atoms with Crippen molar-refractivity contribution in [3.63, 3.8) is 0 Å². The van der Waals surface area contributed by atoms with Crippen LogP contribution in [0.15, 0.2) is 68.1 Å². The Morgan fingerprint density at radius 3 is 2.54 bits per heavy atom. The van der Waals surface area contributed by atoms with E-state index < -0.39 is 23.0 Å². The average molecular weight is 406 g/mol. The summed E-state index contributed by atoms with van der Waals surface area (Å²) in [6.07, 6.45) is -3.04. The fourth-order valence-corrected chi connectivity index (χ4v) is 3.86. The van der Waals surface area contributed by atoms with Crippen molar-refractivity contribution in [2.75, 3.05) is 0 Å². The van der Waals surface area contributed by atoms with Gasteiger partial charge in [0.05, 0.1) is 30.4 Å². The Balaban J connectivity index is 1.84. The maximum absolute atomic E-state index is 13.0. The van der Waals surface area contributed by atoms with Gasteiger partial charge in [0.1, 0.15) is 10.5 Å². The van der Waals surface area contributed by atoms with Gasteiger partial charge in [0.2, 0.25) is 0 Å². The van der Waals surface area contributed by atoms with Crippen LogP contribution in [-0.4, -0.2) is 9.13 Å². The number of hydrogen-bond acceptors (Lipinski definition) is 4. The molecule has 0 radical (unpaired) electrons. The maximum Gasteiger partial charge on any atom is 0.416 e. The van der Waals surface area contributed by atoms with E-state index in [4.69, 9.17) is 4.42 Å². The first-order valence-electron chi connectivity index (χ1n) is 8.24. The van der Waals surface area contributed by atoms with Gasteiger partial charge in [0.15, 0.2) is 0 Å². The minimum absolute atomic E-state index is 0.0545. The Morgan fingerprint density at radius 2 is 1.82 bits per heavy atom. The molecular formula is C19H13F3N2O3S. The summed E-state index contributed by atoms with van der Waals surface area (Å²) < 4.78 is 46.9. The van der Waals surface area contributed by atoms with E-state index in [1.807, 2.05) is 0 Å². The summed E-state index contributed by atoms with van der Waals surface area (Å²) in [4.78, 5) is 25.7. The third-order valence-corrected chi connectivity index (χ3v) is 5.22. The van der Waals surface area contributed by atoms with Gasteiger partial charge in [-0.05, 0) is 41.3 Å². The number of furan rings is 1. The summed E-state index contributed by atoms with van der Waals surface area (Å²) in [7, 11) is 0. The van der Waals surface area contributed by atoms with E-state index in [-0.39, 0.29) is 13.1 Å². The molecule has 1 aromatic carbocycles. The molecule has 28 heavy (non-hydrogen) atoms. The zero-order valence-electron chi connectivity index (χ0n) is 14.3. The summed E-state index contributed by atoms with van der Waals surface area (Å²) in [5.74, 6) is 0.431. The molecule has 0 saturated heterocycles. The molecule has 0 amide bonds. The fraction of sp³-hybridized carbons (Fsp3) is 0.158. The molecule has 4 rings (SSSR count). The summed E-state index contributed by atoms with van der Waals surface area (Å²) >= 11 is 1.18. The van der Waals surface area contributed by atoms with Crippen molar-refractivity contribution in [3.8, 4) is 0 Å². The van der Waals surface area contributed by atoms with Crippen LogP contribution in [0.3, 0.4) is 0 Å². The van der Waals surface area contributed by atoms with Gasteiger partial charge in [0.25, 0.3) is 5.56 Å². The molecule has 0 aliphatic rings. The van der Waals surface area contributed by atoms with Crippen LogP contribution in [0.1, 0.15) is 16.9 Å². The van der Waals surface area contributed by atoms with E-state index in [2.05, 4.69) is 0 Å². The van der Waals surface area contributed by atoms with Crippen molar-refractivity contribution in [2.24, 2.45) is 0 Å². The first-order chi connectivity index (χ1) is 13.3. The van der Waals surface area contributed by atoms with Gasteiger partial charge in [-0.2, -0.15) is 13.2 Å². The maximum atomic E-state index is 13.0. The number of fused-ring (bicyclic) bond motifs is 1. The van der Waals surface area contributed by atoms with Gasteiger partial charge in [0, 0.05) is 0 Å². The quantitative estimate of drug-likeness (QED) is 0.516. The average Bonchev–Trinajstić information content (AvgIpc) is 3.33. The molecule has 0 spiro atoms. The lowest BCUT2D eigenvalue weighted by Crippen LogP contribution is -2.40. The molecule has 3 heterocycles. The van der Waals surface area contributed by atoms with Crippen LogP contribution in [0, 0.1) is 0 Å². The smallest absolute Gasteiger partial charge is 0.416 e. The van der Waals surface area contributed by atoms with Gasteiger partial charge in [-0.25, -0.2) is 4.79 Å². The van der Waals surface area contributed by atoms with Gasteiger partial charge in [-0.15, -0.1) is 11.3 Å². The zero-order valence-corrected chi connectivity index (χ0v) is 15.1. The number of halogens is 3. The molecular weight excluding hydrogens is 393 g/mol. The standard InChI is InChI=1S/C19H13F3N2O3S/c20-19(21,22)13-4-1-3-12(9-13)10-23-15-6-8-28-16(15)17(25)24(18(23)26)11-14-5-2-7-27-14/h1-9H,10-11H2. The second kappa shape index (κ2) is 6.83. The highest BCUT2D eigenvalue weighted by atomic mass is 32.1. The van der Waals surface area contributed by atoms with Crippen molar-refractivity contribution >= 4 is 21.6 Å². The second-order valence-corrected chi connectivity index (χ2v) is 7.09. The zero-order chi connectivity index (χ0) is 19.9. The number of alkyl halides is 3. The first-order valence-corrected chi connectivity index (χ1v) is 9.12. The fourth-order valence-electron chi connectivity index (χ4n) is 3.01. The highest BCUT2D eigenvalue weighted by molar-refractivity contribution is 7.17. The molecule has 0 saturated carbocycles. The summed E-state index contributed by atoms with van der Waals surface area (Å²) in [5.41, 5.74) is -1.14. The van der Waals surface area contributed by atoms with Crippen LogP contribution < -0.4 is 11.2 Å². The first kappa shape index (κ1) is 18.3. The van der Waals surface area contributed by atoms with E-state index in [9.17, 15) is 22.8 Å². The molecule has 0 N–H and O–H groups in total. The van der Waals surface area contributed by atoms with Gasteiger partial charge < -0.3 is 4.42 Å². The van der Waals surface area contributed by atoms with E-state index >= 15 is 0 Å². The van der Waals surface area contributed by atoms with E-state index in [1.165, 1.54) is 34.3 Å². The van der Waals surface area contributed by atoms with Gasteiger partial charge in [-0.3, -0.25) is 13.9 Å². The van der Waals surface area contributed by atoms with Crippen LogP contribution in [0.25, 0.3) is 10.2 Å². The Kier molecular flexibility index (Phi) is 4.46. The normalized spacial score (nSPS) is 12.0. The summed E-state index contributed by atoms with van der Waals surface area (Å²) in [6.45, 7) is -0.143. The van der Waals surface area contributed by atoms with E-state index in [1.54, 1.807) is 23.6 Å². The van der Waals surface area contributed by atoms with Crippen LogP contribution >= 0.6 is 11.3 Å². The highest BCUT2D eigenvalue weighted by Crippen LogP contribution is 2.29. The van der Waals surface area contributed by atoms with E-state index in [0.717, 1.165) is 16.7 Å². The Bertz CT molecular complexity index is 1250. The largest absolute Gasteiger partial charge is 0.467 e. The third kappa shape index (κ3) is 3.29. The molecule has 0 bridgehead atoms. The number of rotatable bonds is 4. The number of nitrogens with zero attached hydrogens (tertiary/aromatic N) is 2. The molecule has 0 unspecified atom stereocenters. The summed E-state index contributed by atoms with van der Waals surface area (Å²) in [5, 5.41) is 1.67. The van der Waals surface area contributed by atoms with Crippen LogP contribution in [-0.2, 0) is 19.3 Å². The van der Waals surface area contributed by atoms with E-state index in [0.29, 0.717) is 21.5 Å². The van der Waals surface area contributed by atoms with Crippen LogP contribution in [0.2, 0.25) is 0 Å². The Hall–Kier alpha value is -3.07. The molecule has 9 heteroatoms. The van der Waals surface area contributed by atoms with Crippen molar-refractivity contribution in [3.05, 3.63) is 91.8 Å². The second-order valence-electron chi connectivity index (χ2n) is 6.17. The van der Waals surface area contributed by atoms with Gasteiger partial charge >= 0.3 is 11.9 Å². The minimum Gasteiger partial charge on any atom is -0.467 e. The monoisotopic (exact) mass is 406 g/mol. The molecule has 0 atom stereocenters. The third-order valence-electron chi connectivity index (χ3n) is 4.33. The van der Waals surface area contributed by atoms with Crippen molar-refractivity contribution < 1.29 is 17.6 Å². The number of hydrogen-bond donors (Lipinski definition) is 0. The highest BCUT2D eigenvalue weighted by Gasteiger charge is 2.30. The van der Waals surface area contributed by atoms with Crippen molar-refractivity contribution in [1.29, 1.82) is 0 Å². The molecule has 0 aliphatic heterocycles. The van der Waals surface area contributed by atoms with Crippen molar-refractivity contribution in [1.82, 2.24) is 9.13 Å². The Labute approximate surface area is 159 Å². The molecule has 3 aromatic heterocycles. The molecule has 0 fully saturated rings. The minimum atomic E-state index is -4.48. The van der Waals surface area contributed by atoms with Crippen LogP contribution in [0.4, 0.5) is 13.2 Å². The topological polar surface area (TPSA) is 57.1 Å². The number of thiophene rings is 1. The van der Waals surface area contributed by atoms with Crippen molar-refractivity contribution in [2.45, 2.75) is 19.3 Å². The molecule has 0 aliphatic carbocycles.